The minimum Gasteiger partial charge on any atom is -0.490 e. The summed E-state index contributed by atoms with van der Waals surface area (Å²) in [5.41, 5.74) is 1.72. The molecule has 2 aromatic rings. The van der Waals surface area contributed by atoms with Gasteiger partial charge in [0.15, 0.2) is 0 Å². The van der Waals surface area contributed by atoms with Gasteiger partial charge in [-0.05, 0) is 56.5 Å². The average molecular weight is 580 g/mol. The topological polar surface area (TPSA) is 156 Å². The van der Waals surface area contributed by atoms with Gasteiger partial charge in [-0.3, -0.25) is 24.7 Å². The standard InChI is InChI=1S/C30H33N3O9/c1-18-26(29(35)41-15-14-40-24-11-9-22(10-12-24)32-20(3)34)28(21-6-4-7-23(16-21)33(37)38)27(19(2)31-18)30(36)42-17-25-8-5-13-39-25/h4,6-7,9-12,16,25-26,28H,5,8,13-15,17H2,1-3H3,(H,32,34)/t25-,26?,28-/m0/s1. The summed E-state index contributed by atoms with van der Waals surface area (Å²) >= 11 is 0. The zero-order valence-electron chi connectivity index (χ0n) is 23.7. The number of benzene rings is 2. The molecule has 1 unspecified atom stereocenters. The molecule has 12 heteroatoms. The number of esters is 2. The summed E-state index contributed by atoms with van der Waals surface area (Å²) in [6.07, 6.45) is 1.44. The minimum atomic E-state index is -1.03. The molecule has 0 bridgehead atoms. The van der Waals surface area contributed by atoms with Crippen molar-refractivity contribution < 1.29 is 38.3 Å². The summed E-state index contributed by atoms with van der Waals surface area (Å²) in [4.78, 5) is 53.6. The monoisotopic (exact) mass is 579 g/mol. The zero-order valence-corrected chi connectivity index (χ0v) is 23.7. The number of non-ortho nitro benzene ring substituents is 1. The van der Waals surface area contributed by atoms with E-state index in [-0.39, 0.29) is 43.1 Å². The quantitative estimate of drug-likeness (QED) is 0.177. The van der Waals surface area contributed by atoms with Crippen LogP contribution < -0.4 is 10.1 Å². The molecule has 2 heterocycles. The maximum Gasteiger partial charge on any atom is 0.336 e. The van der Waals surface area contributed by atoms with Crippen molar-refractivity contribution in [2.45, 2.75) is 45.6 Å². The number of anilines is 1. The summed E-state index contributed by atoms with van der Waals surface area (Å²) < 4.78 is 22.3. The van der Waals surface area contributed by atoms with Gasteiger partial charge in [0, 0.05) is 48.7 Å². The van der Waals surface area contributed by atoms with E-state index >= 15 is 0 Å². The molecule has 12 nitrogen and oxygen atoms in total. The molecule has 42 heavy (non-hydrogen) atoms. The van der Waals surface area contributed by atoms with Crippen molar-refractivity contribution in [3.05, 3.63) is 75.5 Å². The molecular weight excluding hydrogens is 546 g/mol. The molecule has 1 saturated heterocycles. The largest absolute Gasteiger partial charge is 0.490 e. The lowest BCUT2D eigenvalue weighted by Crippen LogP contribution is -2.37. The van der Waals surface area contributed by atoms with Crippen molar-refractivity contribution in [1.82, 2.24) is 0 Å². The van der Waals surface area contributed by atoms with Gasteiger partial charge in [-0.25, -0.2) is 4.79 Å². The fourth-order valence-corrected chi connectivity index (χ4v) is 5.05. The normalized spacial score (nSPS) is 20.0. The number of nitrogens with zero attached hydrogens (tertiary/aromatic N) is 2. The van der Waals surface area contributed by atoms with Gasteiger partial charge >= 0.3 is 11.9 Å². The number of rotatable bonds is 11. The van der Waals surface area contributed by atoms with Gasteiger partial charge in [-0.1, -0.05) is 12.1 Å². The number of carbonyl (C=O) groups is 3. The van der Waals surface area contributed by atoms with Crippen molar-refractivity contribution in [3.8, 4) is 5.75 Å². The maximum absolute atomic E-state index is 13.5. The zero-order chi connectivity index (χ0) is 30.2. The smallest absolute Gasteiger partial charge is 0.336 e. The Kier molecular flexibility index (Phi) is 10.0. The molecule has 0 spiro atoms. The number of nitro benzene ring substituents is 1. The molecule has 2 aromatic carbocycles. The Labute approximate surface area is 242 Å². The van der Waals surface area contributed by atoms with Crippen molar-refractivity contribution in [1.29, 1.82) is 0 Å². The van der Waals surface area contributed by atoms with Gasteiger partial charge in [0.1, 0.15) is 31.5 Å². The van der Waals surface area contributed by atoms with Gasteiger partial charge in [-0.15, -0.1) is 0 Å². The van der Waals surface area contributed by atoms with Crippen molar-refractivity contribution in [2.75, 3.05) is 31.7 Å². The van der Waals surface area contributed by atoms with Crippen LogP contribution in [0.4, 0.5) is 11.4 Å². The number of ether oxygens (including phenoxy) is 4. The fraction of sp³-hybridized carbons (Fsp3) is 0.400. The summed E-state index contributed by atoms with van der Waals surface area (Å²) in [6.45, 7) is 5.31. The van der Waals surface area contributed by atoms with Gasteiger partial charge < -0.3 is 24.3 Å². The molecule has 0 aromatic heterocycles. The Balaban J connectivity index is 1.51. The maximum atomic E-state index is 13.5. The van der Waals surface area contributed by atoms with E-state index in [0.29, 0.717) is 35.0 Å². The molecule has 2 aliphatic heterocycles. The average Bonchev–Trinajstić information content (AvgIpc) is 3.48. The third kappa shape index (κ3) is 7.58. The molecule has 222 valence electrons. The number of hydrogen-bond acceptors (Lipinski definition) is 10. The minimum absolute atomic E-state index is 0.0424. The first-order valence-electron chi connectivity index (χ1n) is 13.6. The molecule has 0 aliphatic carbocycles. The number of carbonyl (C=O) groups excluding carboxylic acids is 3. The van der Waals surface area contributed by atoms with Gasteiger partial charge in [-0.2, -0.15) is 0 Å². The predicted octanol–water partition coefficient (Wildman–Crippen LogP) is 4.35. The summed E-state index contributed by atoms with van der Waals surface area (Å²) in [5.74, 6) is -2.95. The number of aliphatic imine (C=N–C) groups is 1. The van der Waals surface area contributed by atoms with E-state index in [1.54, 1.807) is 44.2 Å². The number of nitrogens with one attached hydrogen (secondary N) is 1. The van der Waals surface area contributed by atoms with Gasteiger partial charge in [0.25, 0.3) is 5.69 Å². The summed E-state index contributed by atoms with van der Waals surface area (Å²) in [5, 5.41) is 14.2. The van der Waals surface area contributed by atoms with Crippen LogP contribution in [0.2, 0.25) is 0 Å². The van der Waals surface area contributed by atoms with Crippen LogP contribution in [0.5, 0.6) is 5.75 Å². The van der Waals surface area contributed by atoms with Crippen LogP contribution in [0.1, 0.15) is 45.1 Å². The Morgan fingerprint density at radius 1 is 1.10 bits per heavy atom. The molecular formula is C30H33N3O9. The molecule has 0 saturated carbocycles. The lowest BCUT2D eigenvalue weighted by molar-refractivity contribution is -0.384. The number of allylic oxidation sites excluding steroid dienone is 1. The molecule has 0 radical (unpaired) electrons. The van der Waals surface area contributed by atoms with Crippen LogP contribution >= 0.6 is 0 Å². The van der Waals surface area contributed by atoms with Crippen LogP contribution in [0.3, 0.4) is 0 Å². The third-order valence-electron chi connectivity index (χ3n) is 6.94. The number of nitro groups is 1. The highest BCUT2D eigenvalue weighted by atomic mass is 16.6. The molecule has 1 amide bonds. The molecule has 1 fully saturated rings. The van der Waals surface area contributed by atoms with E-state index in [2.05, 4.69) is 10.3 Å². The SMILES string of the molecule is CC(=O)Nc1ccc(OCCOC(=O)C2C(C)=NC(C)=C(C(=O)OC[C@@H]3CCCO3)[C@H]2c2cccc([N+](=O)[O-])c2)cc1. The lowest BCUT2D eigenvalue weighted by Gasteiger charge is -2.31. The van der Waals surface area contributed by atoms with Crippen LogP contribution in [0, 0.1) is 16.0 Å². The van der Waals surface area contributed by atoms with E-state index in [0.717, 1.165) is 12.8 Å². The Morgan fingerprint density at radius 3 is 2.52 bits per heavy atom. The van der Waals surface area contributed by atoms with E-state index in [1.807, 2.05) is 0 Å². The first-order chi connectivity index (χ1) is 20.1. The van der Waals surface area contributed by atoms with Crippen molar-refractivity contribution in [2.24, 2.45) is 10.9 Å². The van der Waals surface area contributed by atoms with Gasteiger partial charge in [0.05, 0.1) is 16.6 Å². The second-order valence-electron chi connectivity index (χ2n) is 10.0. The van der Waals surface area contributed by atoms with Crippen LogP contribution in [-0.2, 0) is 28.6 Å². The highest BCUT2D eigenvalue weighted by molar-refractivity contribution is 6.07. The first kappa shape index (κ1) is 30.4. The lowest BCUT2D eigenvalue weighted by atomic mass is 9.75. The van der Waals surface area contributed by atoms with Crippen molar-refractivity contribution >= 4 is 34.9 Å². The van der Waals surface area contributed by atoms with E-state index in [1.165, 1.54) is 25.1 Å². The highest BCUT2D eigenvalue weighted by Crippen LogP contribution is 2.41. The summed E-state index contributed by atoms with van der Waals surface area (Å²) in [6, 6.07) is 12.5. The number of amides is 1. The highest BCUT2D eigenvalue weighted by Gasteiger charge is 2.43. The van der Waals surface area contributed by atoms with Crippen LogP contribution in [0.15, 0.2) is 64.8 Å². The van der Waals surface area contributed by atoms with E-state index < -0.39 is 28.7 Å². The second-order valence-corrected chi connectivity index (χ2v) is 10.0. The van der Waals surface area contributed by atoms with Crippen LogP contribution in [-0.4, -0.2) is 61.0 Å². The first-order valence-corrected chi connectivity index (χ1v) is 13.6. The van der Waals surface area contributed by atoms with E-state index in [9.17, 15) is 24.5 Å². The van der Waals surface area contributed by atoms with Gasteiger partial charge in [0.2, 0.25) is 5.91 Å². The van der Waals surface area contributed by atoms with Crippen molar-refractivity contribution in [3.63, 3.8) is 0 Å². The summed E-state index contributed by atoms with van der Waals surface area (Å²) in [7, 11) is 0. The molecule has 1 N–H and O–H groups in total. The Hall–Kier alpha value is -4.58. The van der Waals surface area contributed by atoms with Crippen LogP contribution in [0.25, 0.3) is 0 Å². The fourth-order valence-electron chi connectivity index (χ4n) is 5.05. The Bertz CT molecular complexity index is 1390. The number of hydrogen-bond donors (Lipinski definition) is 1. The predicted molar refractivity (Wildman–Crippen MR) is 152 cm³/mol. The third-order valence-corrected chi connectivity index (χ3v) is 6.94. The second kappa shape index (κ2) is 13.9. The molecule has 4 rings (SSSR count). The van der Waals surface area contributed by atoms with E-state index in [4.69, 9.17) is 18.9 Å². The molecule has 3 atom stereocenters. The molecule has 2 aliphatic rings. The Morgan fingerprint density at radius 2 is 1.86 bits per heavy atom.